The van der Waals surface area contributed by atoms with Crippen LogP contribution in [0.15, 0.2) is 0 Å². The third-order valence-electron chi connectivity index (χ3n) is 3.56. The van der Waals surface area contributed by atoms with Crippen LogP contribution in [0.25, 0.3) is 0 Å². The van der Waals surface area contributed by atoms with Gasteiger partial charge in [-0.1, -0.05) is 0 Å². The number of amides is 3. The SMILES string of the molecule is O=C(O)C(CO)NC(=O)N1CCN2C(=O)CCC2C1. The first-order valence-corrected chi connectivity index (χ1v) is 6.21. The standard InChI is InChI=1S/C11H17N3O5/c15-6-8(10(17)18)12-11(19)13-3-4-14-7(5-13)1-2-9(14)16/h7-8,15H,1-6H2,(H,12,19)(H,17,18). The number of carbonyl (C=O) groups excluding carboxylic acids is 2. The predicted molar refractivity (Wildman–Crippen MR) is 63.3 cm³/mol. The molecule has 8 heteroatoms. The highest BCUT2D eigenvalue weighted by molar-refractivity contribution is 5.83. The van der Waals surface area contributed by atoms with Gasteiger partial charge in [0.1, 0.15) is 0 Å². The second-order valence-corrected chi connectivity index (χ2v) is 4.75. The van der Waals surface area contributed by atoms with E-state index in [2.05, 4.69) is 5.32 Å². The molecule has 2 aliphatic heterocycles. The van der Waals surface area contributed by atoms with Crippen molar-refractivity contribution in [1.29, 1.82) is 0 Å². The Morgan fingerprint density at radius 2 is 2.16 bits per heavy atom. The summed E-state index contributed by atoms with van der Waals surface area (Å²) >= 11 is 0. The molecule has 0 aromatic carbocycles. The number of nitrogens with one attached hydrogen (secondary N) is 1. The Hall–Kier alpha value is -1.83. The zero-order valence-corrected chi connectivity index (χ0v) is 10.4. The lowest BCUT2D eigenvalue weighted by Gasteiger charge is -2.37. The van der Waals surface area contributed by atoms with Gasteiger partial charge in [0, 0.05) is 32.1 Å². The fourth-order valence-corrected chi connectivity index (χ4v) is 2.47. The molecule has 106 valence electrons. The maximum Gasteiger partial charge on any atom is 0.328 e. The number of piperazine rings is 1. The fourth-order valence-electron chi connectivity index (χ4n) is 2.47. The lowest BCUT2D eigenvalue weighted by Crippen LogP contribution is -2.57. The van der Waals surface area contributed by atoms with E-state index in [1.165, 1.54) is 4.90 Å². The minimum atomic E-state index is -1.30. The number of nitrogens with zero attached hydrogens (tertiary/aromatic N) is 2. The van der Waals surface area contributed by atoms with Gasteiger partial charge < -0.3 is 25.3 Å². The fraction of sp³-hybridized carbons (Fsp3) is 0.727. The number of fused-ring (bicyclic) bond motifs is 1. The molecule has 3 amide bonds. The molecule has 2 saturated heterocycles. The topological polar surface area (TPSA) is 110 Å². The molecule has 3 N–H and O–H groups in total. The van der Waals surface area contributed by atoms with E-state index in [-0.39, 0.29) is 11.9 Å². The summed E-state index contributed by atoms with van der Waals surface area (Å²) < 4.78 is 0. The van der Waals surface area contributed by atoms with Gasteiger partial charge in [-0.15, -0.1) is 0 Å². The Bertz CT molecular complexity index is 400. The van der Waals surface area contributed by atoms with Gasteiger partial charge in [0.05, 0.1) is 6.61 Å². The quantitative estimate of drug-likeness (QED) is 0.575. The van der Waals surface area contributed by atoms with Crippen molar-refractivity contribution in [3.8, 4) is 0 Å². The third kappa shape index (κ3) is 2.78. The van der Waals surface area contributed by atoms with E-state index in [1.54, 1.807) is 4.90 Å². The highest BCUT2D eigenvalue weighted by atomic mass is 16.4. The highest BCUT2D eigenvalue weighted by Crippen LogP contribution is 2.22. The molecule has 0 aromatic heterocycles. The van der Waals surface area contributed by atoms with E-state index in [4.69, 9.17) is 10.2 Å². The van der Waals surface area contributed by atoms with Crippen molar-refractivity contribution in [1.82, 2.24) is 15.1 Å². The maximum absolute atomic E-state index is 11.9. The molecule has 0 spiro atoms. The largest absolute Gasteiger partial charge is 0.480 e. The van der Waals surface area contributed by atoms with Gasteiger partial charge in [-0.3, -0.25) is 4.79 Å². The van der Waals surface area contributed by atoms with Crippen LogP contribution in [0.5, 0.6) is 0 Å². The molecule has 2 fully saturated rings. The number of aliphatic carboxylic acids is 1. The van der Waals surface area contributed by atoms with Crippen LogP contribution in [0.2, 0.25) is 0 Å². The summed E-state index contributed by atoms with van der Waals surface area (Å²) in [5.74, 6) is -1.16. The minimum Gasteiger partial charge on any atom is -0.480 e. The molecule has 2 rings (SSSR count). The predicted octanol–water partition coefficient (Wildman–Crippen LogP) is -1.55. The summed E-state index contributed by atoms with van der Waals surface area (Å²) in [6, 6.07) is -1.78. The van der Waals surface area contributed by atoms with Crippen LogP contribution in [-0.2, 0) is 9.59 Å². The number of hydrogen-bond donors (Lipinski definition) is 3. The van der Waals surface area contributed by atoms with Crippen molar-refractivity contribution >= 4 is 17.9 Å². The molecule has 19 heavy (non-hydrogen) atoms. The molecule has 2 aliphatic rings. The number of aliphatic hydroxyl groups is 1. The van der Waals surface area contributed by atoms with Crippen molar-refractivity contribution in [3.63, 3.8) is 0 Å². The van der Waals surface area contributed by atoms with Crippen molar-refractivity contribution in [2.75, 3.05) is 26.2 Å². The van der Waals surface area contributed by atoms with Gasteiger partial charge in [-0.2, -0.15) is 0 Å². The van der Waals surface area contributed by atoms with Crippen LogP contribution in [0.3, 0.4) is 0 Å². The second-order valence-electron chi connectivity index (χ2n) is 4.75. The van der Waals surface area contributed by atoms with Crippen molar-refractivity contribution in [2.45, 2.75) is 24.9 Å². The van der Waals surface area contributed by atoms with Crippen LogP contribution >= 0.6 is 0 Å². The Balaban J connectivity index is 1.91. The smallest absolute Gasteiger partial charge is 0.328 e. The molecule has 0 aromatic rings. The van der Waals surface area contributed by atoms with E-state index in [0.29, 0.717) is 26.1 Å². The summed E-state index contributed by atoms with van der Waals surface area (Å²) in [5.41, 5.74) is 0. The Kier molecular flexibility index (Phi) is 3.89. The minimum absolute atomic E-state index is 0.0319. The summed E-state index contributed by atoms with van der Waals surface area (Å²) in [6.07, 6.45) is 1.24. The molecular weight excluding hydrogens is 254 g/mol. The van der Waals surface area contributed by atoms with E-state index in [1.807, 2.05) is 0 Å². The Morgan fingerprint density at radius 1 is 1.42 bits per heavy atom. The number of urea groups is 1. The number of carbonyl (C=O) groups is 3. The van der Waals surface area contributed by atoms with E-state index in [9.17, 15) is 14.4 Å². The van der Waals surface area contributed by atoms with E-state index in [0.717, 1.165) is 6.42 Å². The van der Waals surface area contributed by atoms with Gasteiger partial charge in [-0.25, -0.2) is 9.59 Å². The lowest BCUT2D eigenvalue weighted by atomic mass is 10.1. The molecule has 0 bridgehead atoms. The molecule has 2 unspecified atom stereocenters. The van der Waals surface area contributed by atoms with Gasteiger partial charge in [0.2, 0.25) is 5.91 Å². The van der Waals surface area contributed by atoms with Crippen molar-refractivity contribution in [2.24, 2.45) is 0 Å². The van der Waals surface area contributed by atoms with Gasteiger partial charge >= 0.3 is 12.0 Å². The first kappa shape index (κ1) is 13.6. The maximum atomic E-state index is 11.9. The molecule has 0 radical (unpaired) electrons. The van der Waals surface area contributed by atoms with Crippen LogP contribution < -0.4 is 5.32 Å². The zero-order valence-electron chi connectivity index (χ0n) is 10.4. The summed E-state index contributed by atoms with van der Waals surface area (Å²) in [4.78, 5) is 37.4. The van der Waals surface area contributed by atoms with Crippen molar-refractivity contribution < 1.29 is 24.6 Å². The number of rotatable bonds is 3. The zero-order chi connectivity index (χ0) is 14.0. The summed E-state index contributed by atoms with van der Waals surface area (Å²) in [7, 11) is 0. The number of hydrogen-bond acceptors (Lipinski definition) is 4. The Labute approximate surface area is 110 Å². The average Bonchev–Trinajstić information content (AvgIpc) is 2.76. The molecule has 2 heterocycles. The van der Waals surface area contributed by atoms with Crippen LogP contribution in [0, 0.1) is 0 Å². The first-order chi connectivity index (χ1) is 9.02. The third-order valence-corrected chi connectivity index (χ3v) is 3.56. The normalized spacial score (nSPS) is 24.1. The highest BCUT2D eigenvalue weighted by Gasteiger charge is 2.37. The van der Waals surface area contributed by atoms with E-state index >= 15 is 0 Å². The van der Waals surface area contributed by atoms with Gasteiger partial charge in [0.15, 0.2) is 6.04 Å². The lowest BCUT2D eigenvalue weighted by molar-refractivity contribution is -0.140. The average molecular weight is 271 g/mol. The molecule has 0 aliphatic carbocycles. The van der Waals surface area contributed by atoms with Crippen molar-refractivity contribution in [3.05, 3.63) is 0 Å². The summed E-state index contributed by atoms with van der Waals surface area (Å²) in [5, 5.41) is 19.9. The van der Waals surface area contributed by atoms with E-state index < -0.39 is 24.6 Å². The van der Waals surface area contributed by atoms with Gasteiger partial charge in [-0.05, 0) is 6.42 Å². The van der Waals surface area contributed by atoms with Crippen LogP contribution in [0.1, 0.15) is 12.8 Å². The molecular formula is C11H17N3O5. The number of carboxylic acid groups (broad SMARTS) is 1. The molecule has 8 nitrogen and oxygen atoms in total. The molecule has 0 saturated carbocycles. The Morgan fingerprint density at radius 3 is 2.79 bits per heavy atom. The van der Waals surface area contributed by atoms with Crippen LogP contribution in [0.4, 0.5) is 4.79 Å². The number of aliphatic hydroxyl groups excluding tert-OH is 1. The second kappa shape index (κ2) is 5.43. The van der Waals surface area contributed by atoms with Crippen LogP contribution in [-0.4, -0.2) is 76.2 Å². The monoisotopic (exact) mass is 271 g/mol. The first-order valence-electron chi connectivity index (χ1n) is 6.21. The van der Waals surface area contributed by atoms with Gasteiger partial charge in [0.25, 0.3) is 0 Å². The summed E-state index contributed by atoms with van der Waals surface area (Å²) in [6.45, 7) is 0.623. The number of carboxylic acids is 1. The molecule has 2 atom stereocenters.